The molecule has 0 atom stereocenters. The summed E-state index contributed by atoms with van der Waals surface area (Å²) < 4.78 is 55.6. The van der Waals surface area contributed by atoms with E-state index in [0.717, 1.165) is 0 Å². The molecule has 106 valence electrons. The van der Waals surface area contributed by atoms with Crippen LogP contribution in [0.5, 0.6) is 0 Å². The molecule has 0 aliphatic carbocycles. The maximum absolute atomic E-state index is 13.6. The van der Waals surface area contributed by atoms with Crippen LogP contribution in [0.3, 0.4) is 0 Å². The smallest absolute Gasteiger partial charge is 0.416 e. The molecule has 2 nitrogen and oxygen atoms in total. The van der Waals surface area contributed by atoms with Crippen LogP contribution in [0.1, 0.15) is 36.7 Å². The second-order valence-electron chi connectivity index (χ2n) is 4.81. The van der Waals surface area contributed by atoms with Crippen molar-refractivity contribution >= 4 is 21.9 Å². The van der Waals surface area contributed by atoms with Crippen molar-refractivity contribution < 1.29 is 27.1 Å². The average molecular weight is 343 g/mol. The van der Waals surface area contributed by atoms with Crippen LogP contribution in [-0.4, -0.2) is 11.6 Å². The van der Waals surface area contributed by atoms with E-state index in [0.29, 0.717) is 6.07 Å². The first-order chi connectivity index (χ1) is 8.42. The van der Waals surface area contributed by atoms with Gasteiger partial charge in [0.05, 0.1) is 5.56 Å². The lowest BCUT2D eigenvalue weighted by molar-refractivity contribution is -0.137. The molecule has 0 fully saturated rings. The summed E-state index contributed by atoms with van der Waals surface area (Å²) in [7, 11) is 0. The number of rotatable bonds is 1. The minimum atomic E-state index is -4.68. The first-order valence-corrected chi connectivity index (χ1v) is 6.00. The molecule has 0 aliphatic heterocycles. The van der Waals surface area contributed by atoms with Gasteiger partial charge in [-0.15, -0.1) is 0 Å². The van der Waals surface area contributed by atoms with Gasteiger partial charge < -0.3 is 4.74 Å². The molecular weight excluding hydrogens is 332 g/mol. The lowest BCUT2D eigenvalue weighted by Gasteiger charge is -2.20. The van der Waals surface area contributed by atoms with Gasteiger partial charge in [0.1, 0.15) is 17.0 Å². The molecular formula is C12H11BrF4O2. The zero-order valence-corrected chi connectivity index (χ0v) is 11.9. The number of hydrogen-bond donors (Lipinski definition) is 0. The summed E-state index contributed by atoms with van der Waals surface area (Å²) in [5.74, 6) is -2.30. The summed E-state index contributed by atoms with van der Waals surface area (Å²) >= 11 is 2.76. The molecule has 0 spiro atoms. The van der Waals surface area contributed by atoms with Gasteiger partial charge in [0.15, 0.2) is 0 Å². The zero-order chi connectivity index (χ0) is 15.0. The molecule has 7 heteroatoms. The molecule has 1 rings (SSSR count). The van der Waals surface area contributed by atoms with Crippen LogP contribution in [0.2, 0.25) is 0 Å². The van der Waals surface area contributed by atoms with Crippen molar-refractivity contribution in [3.63, 3.8) is 0 Å². The van der Waals surface area contributed by atoms with Crippen LogP contribution < -0.4 is 0 Å². The van der Waals surface area contributed by atoms with E-state index >= 15 is 0 Å². The van der Waals surface area contributed by atoms with Gasteiger partial charge >= 0.3 is 12.1 Å². The maximum Gasteiger partial charge on any atom is 0.416 e. The normalized spacial score (nSPS) is 12.4. The van der Waals surface area contributed by atoms with Gasteiger partial charge in [-0.2, -0.15) is 13.2 Å². The summed E-state index contributed by atoms with van der Waals surface area (Å²) in [5, 5.41) is 0. The molecule has 0 saturated heterocycles. The van der Waals surface area contributed by atoms with Gasteiger partial charge in [0, 0.05) is 4.47 Å². The van der Waals surface area contributed by atoms with Crippen LogP contribution in [0.4, 0.5) is 17.6 Å². The Hall–Kier alpha value is -1.11. The summed E-state index contributed by atoms with van der Waals surface area (Å²) in [5.41, 5.74) is -2.60. The molecule has 0 aromatic heterocycles. The molecule has 0 aliphatic rings. The van der Waals surface area contributed by atoms with Gasteiger partial charge in [0.2, 0.25) is 0 Å². The van der Waals surface area contributed by atoms with Crippen molar-refractivity contribution in [2.75, 3.05) is 0 Å². The highest BCUT2D eigenvalue weighted by Gasteiger charge is 2.33. The second kappa shape index (κ2) is 5.11. The Bertz CT molecular complexity index is 480. The number of alkyl halides is 3. The lowest BCUT2D eigenvalue weighted by Crippen LogP contribution is -2.25. The molecule has 0 unspecified atom stereocenters. The molecule has 0 heterocycles. The van der Waals surface area contributed by atoms with Crippen molar-refractivity contribution in [3.05, 3.63) is 33.5 Å². The Morgan fingerprint density at radius 3 is 2.11 bits per heavy atom. The third-order valence-corrected chi connectivity index (χ3v) is 2.60. The monoisotopic (exact) mass is 342 g/mol. The van der Waals surface area contributed by atoms with Gasteiger partial charge in [-0.3, -0.25) is 0 Å². The van der Waals surface area contributed by atoms with Crippen molar-refractivity contribution in [2.45, 2.75) is 32.5 Å². The quantitative estimate of drug-likeness (QED) is 0.552. The first kappa shape index (κ1) is 15.9. The molecule has 0 N–H and O–H groups in total. The first-order valence-electron chi connectivity index (χ1n) is 5.21. The van der Waals surface area contributed by atoms with E-state index in [4.69, 9.17) is 4.74 Å². The van der Waals surface area contributed by atoms with E-state index in [1.54, 1.807) is 20.8 Å². The average Bonchev–Trinajstić information content (AvgIpc) is 2.11. The number of carbonyl (C=O) groups is 1. The molecule has 1 aromatic rings. The Morgan fingerprint density at radius 2 is 1.74 bits per heavy atom. The lowest BCUT2D eigenvalue weighted by atomic mass is 10.1. The van der Waals surface area contributed by atoms with Gasteiger partial charge in [-0.25, -0.2) is 9.18 Å². The number of hydrogen-bond acceptors (Lipinski definition) is 2. The molecule has 0 bridgehead atoms. The van der Waals surface area contributed by atoms with Crippen molar-refractivity contribution in [3.8, 4) is 0 Å². The highest BCUT2D eigenvalue weighted by molar-refractivity contribution is 9.10. The topological polar surface area (TPSA) is 26.3 Å². The van der Waals surface area contributed by atoms with E-state index in [-0.39, 0.29) is 10.5 Å². The molecule has 0 saturated carbocycles. The molecule has 19 heavy (non-hydrogen) atoms. The Kier molecular flexibility index (Phi) is 4.29. The van der Waals surface area contributed by atoms with Gasteiger partial charge in [-0.05, 0) is 48.8 Å². The highest BCUT2D eigenvalue weighted by atomic mass is 79.9. The third-order valence-electron chi connectivity index (χ3n) is 1.97. The third kappa shape index (κ3) is 4.19. The van der Waals surface area contributed by atoms with E-state index < -0.39 is 34.7 Å². The van der Waals surface area contributed by atoms with Crippen molar-refractivity contribution in [1.29, 1.82) is 0 Å². The highest BCUT2D eigenvalue weighted by Crippen LogP contribution is 2.34. The Balaban J connectivity index is 3.22. The molecule has 1 aromatic carbocycles. The number of halogens is 5. The van der Waals surface area contributed by atoms with E-state index in [2.05, 4.69) is 15.9 Å². The standard InChI is InChI=1S/C12H11BrF4O2/c1-11(2,3)19-10(18)9-7(13)4-6(5-8(9)14)12(15,16)17/h4-5H,1-3H3. The number of esters is 1. The summed E-state index contributed by atoms with van der Waals surface area (Å²) in [4.78, 5) is 11.7. The summed E-state index contributed by atoms with van der Waals surface area (Å²) in [6.45, 7) is 4.71. The summed E-state index contributed by atoms with van der Waals surface area (Å²) in [6, 6.07) is 0.909. The van der Waals surface area contributed by atoms with Crippen molar-refractivity contribution in [2.24, 2.45) is 0 Å². The summed E-state index contributed by atoms with van der Waals surface area (Å²) in [6.07, 6.45) is -4.68. The fourth-order valence-electron chi connectivity index (χ4n) is 1.26. The molecule has 0 amide bonds. The predicted molar refractivity (Wildman–Crippen MR) is 64.3 cm³/mol. The largest absolute Gasteiger partial charge is 0.456 e. The second-order valence-corrected chi connectivity index (χ2v) is 5.67. The van der Waals surface area contributed by atoms with Crippen LogP contribution in [-0.2, 0) is 10.9 Å². The number of ether oxygens (including phenoxy) is 1. The fraction of sp³-hybridized carbons (Fsp3) is 0.417. The van der Waals surface area contributed by atoms with Crippen LogP contribution in [0, 0.1) is 5.82 Å². The van der Waals surface area contributed by atoms with Gasteiger partial charge in [0.25, 0.3) is 0 Å². The number of carbonyl (C=O) groups excluding carboxylic acids is 1. The Morgan fingerprint density at radius 1 is 1.21 bits per heavy atom. The fourth-order valence-corrected chi connectivity index (χ4v) is 1.86. The van der Waals surface area contributed by atoms with Crippen LogP contribution in [0.25, 0.3) is 0 Å². The Labute approximate surface area is 115 Å². The number of benzene rings is 1. The molecule has 0 radical (unpaired) electrons. The SMILES string of the molecule is CC(C)(C)OC(=O)c1c(F)cc(C(F)(F)F)cc1Br. The van der Waals surface area contributed by atoms with Crippen molar-refractivity contribution in [1.82, 2.24) is 0 Å². The maximum atomic E-state index is 13.6. The van der Waals surface area contributed by atoms with E-state index in [1.807, 2.05) is 0 Å². The van der Waals surface area contributed by atoms with E-state index in [1.165, 1.54) is 0 Å². The predicted octanol–water partition coefficient (Wildman–Crippen LogP) is 4.56. The minimum Gasteiger partial charge on any atom is -0.456 e. The van der Waals surface area contributed by atoms with E-state index in [9.17, 15) is 22.4 Å². The zero-order valence-electron chi connectivity index (χ0n) is 10.4. The van der Waals surface area contributed by atoms with Crippen LogP contribution >= 0.6 is 15.9 Å². The van der Waals surface area contributed by atoms with Crippen LogP contribution in [0.15, 0.2) is 16.6 Å². The minimum absolute atomic E-state index is 0.268. The van der Waals surface area contributed by atoms with Gasteiger partial charge in [-0.1, -0.05) is 0 Å².